The molecule has 0 spiro atoms. The van der Waals surface area contributed by atoms with Crippen LogP contribution in [0.5, 0.6) is 5.19 Å². The van der Waals surface area contributed by atoms with Crippen LogP contribution in [-0.4, -0.2) is 64.1 Å². The van der Waals surface area contributed by atoms with Crippen LogP contribution in [0, 0.1) is 11.8 Å². The molecular weight excluding hydrogens is 504 g/mol. The van der Waals surface area contributed by atoms with E-state index in [1.54, 1.807) is 17.3 Å². The van der Waals surface area contributed by atoms with Crippen LogP contribution < -0.4 is 20.3 Å². The fourth-order valence-electron chi connectivity index (χ4n) is 5.68. The molecule has 2 aliphatic rings. The highest BCUT2D eigenvalue weighted by Gasteiger charge is 2.46. The molecule has 2 amide bonds. The Bertz CT molecular complexity index is 1410. The summed E-state index contributed by atoms with van der Waals surface area (Å²) >= 11 is 1.43. The van der Waals surface area contributed by atoms with Crippen LogP contribution in [-0.2, 0) is 5.41 Å². The Labute approximate surface area is 224 Å². The molecule has 0 aliphatic carbocycles. The van der Waals surface area contributed by atoms with E-state index >= 15 is 0 Å². The van der Waals surface area contributed by atoms with Gasteiger partial charge in [0.1, 0.15) is 16.2 Å². The number of hydrogen-bond acceptors (Lipinski definition) is 10. The molecular formula is C26H30N8O3S. The lowest BCUT2D eigenvalue weighted by atomic mass is 9.63. The summed E-state index contributed by atoms with van der Waals surface area (Å²) in [5.74, 6) is 2.32. The third-order valence-electron chi connectivity index (χ3n) is 7.67. The monoisotopic (exact) mass is 534 g/mol. The highest BCUT2D eigenvalue weighted by atomic mass is 32.1. The van der Waals surface area contributed by atoms with Gasteiger partial charge < -0.3 is 19.9 Å². The van der Waals surface area contributed by atoms with E-state index in [-0.39, 0.29) is 11.4 Å². The van der Waals surface area contributed by atoms with Gasteiger partial charge in [-0.05, 0) is 62.0 Å². The second-order valence-corrected chi connectivity index (χ2v) is 11.1. The van der Waals surface area contributed by atoms with Gasteiger partial charge in [0.05, 0.1) is 18.5 Å². The first-order valence-corrected chi connectivity index (χ1v) is 13.8. The number of carbonyl (C=O) groups excluding carboxylic acids is 1. The van der Waals surface area contributed by atoms with Gasteiger partial charge in [-0.25, -0.2) is 19.7 Å². The summed E-state index contributed by atoms with van der Waals surface area (Å²) in [6.45, 7) is 8.09. The summed E-state index contributed by atoms with van der Waals surface area (Å²) in [4.78, 5) is 28.3. The minimum atomic E-state index is -0.181. The van der Waals surface area contributed by atoms with Crippen molar-refractivity contribution in [2.45, 2.75) is 32.1 Å². The summed E-state index contributed by atoms with van der Waals surface area (Å²) < 4.78 is 11.8. The summed E-state index contributed by atoms with van der Waals surface area (Å²) in [5.41, 5.74) is 2.28. The maximum Gasteiger partial charge on any atom is 0.323 e. The smallest absolute Gasteiger partial charge is 0.323 e. The largest absolute Gasteiger partial charge is 0.470 e. The van der Waals surface area contributed by atoms with Gasteiger partial charge >= 0.3 is 6.03 Å². The summed E-state index contributed by atoms with van der Waals surface area (Å²) in [5, 5.41) is 14.7. The second-order valence-electron chi connectivity index (χ2n) is 10.1. The molecule has 0 radical (unpaired) electrons. The van der Waals surface area contributed by atoms with E-state index in [1.807, 2.05) is 24.3 Å². The number of hydrogen-bond donors (Lipinski definition) is 2. The first-order chi connectivity index (χ1) is 18.5. The van der Waals surface area contributed by atoms with Gasteiger partial charge in [-0.2, -0.15) is 0 Å². The van der Waals surface area contributed by atoms with Crippen molar-refractivity contribution in [3.63, 3.8) is 0 Å². The number of rotatable bonds is 8. The molecule has 38 heavy (non-hydrogen) atoms. The third kappa shape index (κ3) is 4.58. The topological polar surface area (TPSA) is 131 Å². The van der Waals surface area contributed by atoms with Crippen LogP contribution in [0.2, 0.25) is 0 Å². The maximum atomic E-state index is 11.9. The van der Waals surface area contributed by atoms with Crippen LogP contribution in [0.1, 0.15) is 32.4 Å². The molecule has 2 atom stereocenters. The average Bonchev–Trinajstić information content (AvgIpc) is 3.70. The number of piperidine rings is 1. The van der Waals surface area contributed by atoms with Crippen LogP contribution in [0.25, 0.3) is 21.6 Å². The van der Waals surface area contributed by atoms with Crippen LogP contribution in [0.15, 0.2) is 41.2 Å². The zero-order chi connectivity index (χ0) is 26.1. The molecule has 2 aliphatic heterocycles. The molecule has 2 N–H and O–H groups in total. The lowest BCUT2D eigenvalue weighted by molar-refractivity contribution is 0.0902. The van der Waals surface area contributed by atoms with E-state index in [4.69, 9.17) is 14.2 Å². The van der Waals surface area contributed by atoms with Crippen molar-refractivity contribution in [1.29, 1.82) is 0 Å². The van der Waals surface area contributed by atoms with Gasteiger partial charge in [0.2, 0.25) is 0 Å². The Morgan fingerprint density at radius 2 is 2.13 bits per heavy atom. The molecule has 4 aromatic heterocycles. The van der Waals surface area contributed by atoms with Crippen molar-refractivity contribution in [3.8, 4) is 16.5 Å². The molecule has 0 bridgehead atoms. The fraction of sp³-hybridized carbons (Fsp3) is 0.462. The average molecular weight is 535 g/mol. The molecule has 2 unspecified atom stereocenters. The first-order valence-electron chi connectivity index (χ1n) is 12.9. The predicted octanol–water partition coefficient (Wildman–Crippen LogP) is 3.64. The van der Waals surface area contributed by atoms with Crippen LogP contribution >= 0.6 is 11.3 Å². The number of pyridine rings is 2. The lowest BCUT2D eigenvalue weighted by Crippen LogP contribution is -2.50. The number of nitrogens with one attached hydrogen (secondary N) is 2. The minimum Gasteiger partial charge on any atom is -0.470 e. The van der Waals surface area contributed by atoms with Crippen molar-refractivity contribution in [3.05, 3.63) is 42.4 Å². The van der Waals surface area contributed by atoms with Crippen molar-refractivity contribution < 1.29 is 14.1 Å². The van der Waals surface area contributed by atoms with Gasteiger partial charge in [-0.1, -0.05) is 25.2 Å². The van der Waals surface area contributed by atoms with Gasteiger partial charge in [0.15, 0.2) is 5.76 Å². The summed E-state index contributed by atoms with van der Waals surface area (Å²) in [7, 11) is 0. The molecule has 4 aromatic rings. The molecule has 6 heterocycles. The Morgan fingerprint density at radius 1 is 1.21 bits per heavy atom. The number of amides is 2. The predicted molar refractivity (Wildman–Crippen MR) is 143 cm³/mol. The van der Waals surface area contributed by atoms with Crippen LogP contribution in [0.4, 0.5) is 10.6 Å². The SMILES string of the molecule is CC(C)C1CNCCC1(CCOc1nc2ccc(-c3ccc(N4CCNC4=O)nc3)nc2s1)c1cnno1. The normalized spacial score (nSPS) is 21.8. The van der Waals surface area contributed by atoms with E-state index in [9.17, 15) is 4.79 Å². The highest BCUT2D eigenvalue weighted by Crippen LogP contribution is 2.44. The molecule has 6 rings (SSSR count). The molecule has 0 aromatic carbocycles. The summed E-state index contributed by atoms with van der Waals surface area (Å²) in [6, 6.07) is 7.54. The van der Waals surface area contributed by atoms with E-state index in [1.165, 1.54) is 11.3 Å². The zero-order valence-corrected chi connectivity index (χ0v) is 22.2. The number of nitrogens with zero attached hydrogens (tertiary/aromatic N) is 6. The van der Waals surface area contributed by atoms with Crippen molar-refractivity contribution in [2.24, 2.45) is 11.8 Å². The van der Waals surface area contributed by atoms with E-state index in [0.29, 0.717) is 42.5 Å². The Kier molecular flexibility index (Phi) is 6.66. The Morgan fingerprint density at radius 3 is 2.87 bits per heavy atom. The standard InChI is InChI=1S/C26H30N8O3S/c1-16(2)18-14-27-9-7-26(18,21-15-30-33-37-21)8-12-36-25-32-20-5-4-19(31-23(20)38-25)17-3-6-22(29-13-17)34-11-10-28-24(34)35/h3-6,13,15-16,18,27H,7-12,14H2,1-2H3,(H,28,35). The Hall–Kier alpha value is -3.64. The number of thiazole rings is 1. The lowest BCUT2D eigenvalue weighted by Gasteiger charge is -2.44. The van der Waals surface area contributed by atoms with Gasteiger partial charge in [-0.3, -0.25) is 4.90 Å². The van der Waals surface area contributed by atoms with Crippen molar-refractivity contribution in [1.82, 2.24) is 36.0 Å². The minimum absolute atomic E-state index is 0.120. The number of anilines is 1. The second kappa shape index (κ2) is 10.3. The molecule has 12 heteroatoms. The number of aromatic nitrogens is 5. The number of fused-ring (bicyclic) bond motifs is 1. The number of ether oxygens (including phenoxy) is 1. The highest BCUT2D eigenvalue weighted by molar-refractivity contribution is 7.19. The fourth-order valence-corrected chi connectivity index (χ4v) is 6.49. The number of urea groups is 1. The maximum absolute atomic E-state index is 11.9. The molecule has 198 valence electrons. The molecule has 2 fully saturated rings. The van der Waals surface area contributed by atoms with E-state index in [0.717, 1.165) is 53.3 Å². The van der Waals surface area contributed by atoms with Gasteiger partial charge in [0, 0.05) is 35.5 Å². The van der Waals surface area contributed by atoms with Crippen LogP contribution in [0.3, 0.4) is 0 Å². The van der Waals surface area contributed by atoms with E-state index < -0.39 is 0 Å². The van der Waals surface area contributed by atoms with E-state index in [2.05, 4.69) is 44.8 Å². The van der Waals surface area contributed by atoms with Crippen molar-refractivity contribution in [2.75, 3.05) is 37.7 Å². The van der Waals surface area contributed by atoms with Gasteiger partial charge in [-0.15, -0.1) is 5.10 Å². The third-order valence-corrected chi connectivity index (χ3v) is 8.54. The Balaban J connectivity index is 1.17. The number of carbonyl (C=O) groups is 1. The van der Waals surface area contributed by atoms with Crippen molar-refractivity contribution >= 4 is 33.5 Å². The molecule has 2 saturated heterocycles. The first kappa shape index (κ1) is 24.7. The molecule has 0 saturated carbocycles. The zero-order valence-electron chi connectivity index (χ0n) is 21.4. The quantitative estimate of drug-likeness (QED) is 0.348. The summed E-state index contributed by atoms with van der Waals surface area (Å²) in [6.07, 6.45) is 5.23. The molecule has 11 nitrogen and oxygen atoms in total. The van der Waals surface area contributed by atoms with Gasteiger partial charge in [0.25, 0.3) is 5.19 Å².